The van der Waals surface area contributed by atoms with Crippen molar-refractivity contribution in [3.63, 3.8) is 0 Å². The lowest BCUT2D eigenvalue weighted by atomic mass is 10.0. The van der Waals surface area contributed by atoms with Gasteiger partial charge in [0, 0.05) is 0 Å². The average molecular weight is 325 g/mol. The van der Waals surface area contributed by atoms with Gasteiger partial charge in [-0.2, -0.15) is 0 Å². The summed E-state index contributed by atoms with van der Waals surface area (Å²) in [5, 5.41) is 2.89. The van der Waals surface area contributed by atoms with Gasteiger partial charge in [0.15, 0.2) is 0 Å². The van der Waals surface area contributed by atoms with Gasteiger partial charge < -0.3 is 14.8 Å². The van der Waals surface area contributed by atoms with Crippen LogP contribution in [0.4, 0.5) is 4.79 Å². The van der Waals surface area contributed by atoms with E-state index in [0.717, 1.165) is 11.1 Å². The van der Waals surface area contributed by atoms with Crippen LogP contribution in [-0.2, 0) is 16.1 Å². The van der Waals surface area contributed by atoms with Gasteiger partial charge in [-0.15, -0.1) is 0 Å². The summed E-state index contributed by atoms with van der Waals surface area (Å²) >= 11 is 0. The van der Waals surface area contributed by atoms with Crippen molar-refractivity contribution in [2.24, 2.45) is 0 Å². The number of carbonyl (C=O) groups is 1. The summed E-state index contributed by atoms with van der Waals surface area (Å²) in [7, 11) is 0. The van der Waals surface area contributed by atoms with Crippen LogP contribution in [0.2, 0.25) is 0 Å². The maximum Gasteiger partial charge on any atom is 0.407 e. The van der Waals surface area contributed by atoms with Gasteiger partial charge in [0.1, 0.15) is 12.7 Å². The topological polar surface area (TPSA) is 50.9 Å². The number of alkyl carbamates (subject to hydrolysis) is 1. The van der Waals surface area contributed by atoms with Gasteiger partial charge in [-0.25, -0.2) is 4.79 Å². The standard InChI is InChI=1S/C20H23NO3/c1-3-5-10-16(9-4-2)13-18(19-15-23-19)21-20(22)24-14-17-11-7-6-8-12-17/h3-12,18-19H,1-2,13-15H2,(H,21,22)/b10-5-,16-9+. The summed E-state index contributed by atoms with van der Waals surface area (Å²) in [6.07, 6.45) is 9.37. The molecule has 1 fully saturated rings. The van der Waals surface area contributed by atoms with Gasteiger partial charge in [-0.3, -0.25) is 0 Å². The zero-order valence-electron chi connectivity index (χ0n) is 13.7. The highest BCUT2D eigenvalue weighted by molar-refractivity contribution is 5.67. The molecular formula is C20H23NO3. The Balaban J connectivity index is 1.89. The molecule has 2 atom stereocenters. The van der Waals surface area contributed by atoms with Gasteiger partial charge in [0.25, 0.3) is 0 Å². The van der Waals surface area contributed by atoms with Crippen molar-refractivity contribution in [2.45, 2.75) is 25.2 Å². The molecule has 0 radical (unpaired) electrons. The van der Waals surface area contributed by atoms with Crippen LogP contribution in [0.3, 0.4) is 0 Å². The Bertz CT molecular complexity index is 615. The van der Waals surface area contributed by atoms with Crippen LogP contribution in [-0.4, -0.2) is 24.8 Å². The fourth-order valence-corrected chi connectivity index (χ4v) is 2.27. The number of nitrogens with one attached hydrogen (secondary N) is 1. The molecule has 1 N–H and O–H groups in total. The summed E-state index contributed by atoms with van der Waals surface area (Å²) in [5.74, 6) is 0. The summed E-state index contributed by atoms with van der Waals surface area (Å²) in [6, 6.07) is 9.45. The van der Waals surface area contributed by atoms with Gasteiger partial charge in [-0.05, 0) is 17.6 Å². The van der Waals surface area contributed by atoms with Crippen molar-refractivity contribution < 1.29 is 14.3 Å². The van der Waals surface area contributed by atoms with E-state index in [9.17, 15) is 4.79 Å². The largest absolute Gasteiger partial charge is 0.445 e. The number of hydrogen-bond donors (Lipinski definition) is 1. The second kappa shape index (κ2) is 9.53. The predicted molar refractivity (Wildman–Crippen MR) is 95.5 cm³/mol. The third kappa shape index (κ3) is 6.26. The molecule has 2 rings (SSSR count). The zero-order chi connectivity index (χ0) is 17.2. The number of allylic oxidation sites excluding steroid dienone is 5. The number of ether oxygens (including phenoxy) is 2. The summed E-state index contributed by atoms with van der Waals surface area (Å²) in [5.41, 5.74) is 1.99. The Labute approximate surface area is 143 Å². The molecule has 0 aromatic heterocycles. The first-order chi connectivity index (χ1) is 11.7. The highest BCUT2D eigenvalue weighted by atomic mass is 16.6. The monoisotopic (exact) mass is 325 g/mol. The van der Waals surface area contributed by atoms with E-state index in [1.807, 2.05) is 48.6 Å². The highest BCUT2D eigenvalue weighted by Crippen LogP contribution is 2.21. The molecule has 0 saturated carbocycles. The Morgan fingerprint density at radius 3 is 2.71 bits per heavy atom. The minimum Gasteiger partial charge on any atom is -0.445 e. The van der Waals surface area contributed by atoms with Gasteiger partial charge in [0.2, 0.25) is 0 Å². The first-order valence-electron chi connectivity index (χ1n) is 7.92. The molecule has 0 bridgehead atoms. The van der Waals surface area contributed by atoms with Crippen LogP contribution in [0.15, 0.2) is 79.4 Å². The fourth-order valence-electron chi connectivity index (χ4n) is 2.27. The van der Waals surface area contributed by atoms with Crippen molar-refractivity contribution in [2.75, 3.05) is 6.61 Å². The Hall–Kier alpha value is -2.59. The molecule has 0 spiro atoms. The number of hydrogen-bond acceptors (Lipinski definition) is 3. The molecule has 4 heteroatoms. The van der Waals surface area contributed by atoms with E-state index in [1.54, 1.807) is 12.2 Å². The van der Waals surface area contributed by atoms with Crippen molar-refractivity contribution in [3.05, 3.63) is 85.0 Å². The zero-order valence-corrected chi connectivity index (χ0v) is 13.7. The first-order valence-corrected chi connectivity index (χ1v) is 7.92. The van der Waals surface area contributed by atoms with Crippen molar-refractivity contribution in [1.82, 2.24) is 5.32 Å². The van der Waals surface area contributed by atoms with Crippen LogP contribution >= 0.6 is 0 Å². The molecule has 1 heterocycles. The number of epoxide rings is 1. The van der Waals surface area contributed by atoms with Crippen LogP contribution in [0.1, 0.15) is 12.0 Å². The Morgan fingerprint density at radius 2 is 2.08 bits per heavy atom. The lowest BCUT2D eigenvalue weighted by Gasteiger charge is -2.17. The van der Waals surface area contributed by atoms with E-state index in [2.05, 4.69) is 18.5 Å². The summed E-state index contributed by atoms with van der Waals surface area (Å²) < 4.78 is 10.6. The minimum absolute atomic E-state index is 0.0274. The predicted octanol–water partition coefficient (Wildman–Crippen LogP) is 3.92. The van der Waals surface area contributed by atoms with Gasteiger partial charge >= 0.3 is 6.09 Å². The quantitative estimate of drug-likeness (QED) is 0.553. The van der Waals surface area contributed by atoms with Crippen molar-refractivity contribution in [1.29, 1.82) is 0 Å². The Kier molecular flexibility index (Phi) is 7.05. The van der Waals surface area contributed by atoms with E-state index in [-0.39, 0.29) is 18.8 Å². The third-order valence-electron chi connectivity index (χ3n) is 3.56. The highest BCUT2D eigenvalue weighted by Gasteiger charge is 2.34. The van der Waals surface area contributed by atoms with Gasteiger partial charge in [0.05, 0.1) is 12.6 Å². The lowest BCUT2D eigenvalue weighted by molar-refractivity contribution is 0.133. The maximum absolute atomic E-state index is 12.0. The molecule has 24 heavy (non-hydrogen) atoms. The first kappa shape index (κ1) is 17.8. The summed E-state index contributed by atoms with van der Waals surface area (Å²) in [4.78, 5) is 12.0. The van der Waals surface area contributed by atoms with Crippen LogP contribution in [0, 0.1) is 0 Å². The summed E-state index contributed by atoms with van der Waals surface area (Å²) in [6.45, 7) is 8.28. The normalized spacial score (nSPS) is 18.0. The van der Waals surface area contributed by atoms with E-state index in [0.29, 0.717) is 13.0 Å². The second-order valence-electron chi connectivity index (χ2n) is 5.46. The third-order valence-corrected chi connectivity index (χ3v) is 3.56. The molecule has 1 amide bonds. The molecule has 4 nitrogen and oxygen atoms in total. The second-order valence-corrected chi connectivity index (χ2v) is 5.46. The molecule has 2 unspecified atom stereocenters. The molecule has 1 aromatic carbocycles. The number of benzene rings is 1. The van der Waals surface area contributed by atoms with E-state index >= 15 is 0 Å². The molecule has 1 saturated heterocycles. The van der Waals surface area contributed by atoms with Crippen molar-refractivity contribution >= 4 is 6.09 Å². The van der Waals surface area contributed by atoms with Gasteiger partial charge in [-0.1, -0.05) is 73.9 Å². The smallest absolute Gasteiger partial charge is 0.407 e. The average Bonchev–Trinajstić information content (AvgIpc) is 3.43. The van der Waals surface area contributed by atoms with Crippen LogP contribution in [0.25, 0.3) is 0 Å². The van der Waals surface area contributed by atoms with E-state index in [1.165, 1.54) is 0 Å². The van der Waals surface area contributed by atoms with Crippen LogP contribution < -0.4 is 5.32 Å². The van der Waals surface area contributed by atoms with E-state index in [4.69, 9.17) is 9.47 Å². The number of amides is 1. The Morgan fingerprint density at radius 1 is 1.33 bits per heavy atom. The molecule has 0 aliphatic carbocycles. The number of carbonyl (C=O) groups excluding carboxylic acids is 1. The maximum atomic E-state index is 12.0. The molecule has 1 aromatic rings. The molecular weight excluding hydrogens is 302 g/mol. The number of rotatable bonds is 9. The fraction of sp³-hybridized carbons (Fsp3) is 0.250. The lowest BCUT2D eigenvalue weighted by Crippen LogP contribution is -2.39. The molecule has 126 valence electrons. The molecule has 1 aliphatic rings. The molecule has 1 aliphatic heterocycles. The van der Waals surface area contributed by atoms with E-state index < -0.39 is 6.09 Å². The van der Waals surface area contributed by atoms with Crippen LogP contribution in [0.5, 0.6) is 0 Å². The SMILES string of the molecule is C=C/C=C\C(=C/C=C)CC(NC(=O)OCc1ccccc1)C1CO1. The van der Waals surface area contributed by atoms with Crippen molar-refractivity contribution in [3.8, 4) is 0 Å². The minimum atomic E-state index is -0.440.